The molecule has 2 aromatic rings. The molecular formula is C14H11Cl2N3O5. The van der Waals surface area contributed by atoms with Gasteiger partial charge in [-0.1, -0.05) is 29.3 Å². The molecule has 2 rings (SSSR count). The zero-order valence-electron chi connectivity index (χ0n) is 12.0. The van der Waals surface area contributed by atoms with E-state index in [4.69, 9.17) is 27.9 Å². The summed E-state index contributed by atoms with van der Waals surface area (Å²) in [5.74, 6) is -1.45. The first kappa shape index (κ1) is 17.8. The van der Waals surface area contributed by atoms with Crippen LogP contribution in [0.5, 0.6) is 0 Å². The minimum absolute atomic E-state index is 0.165. The highest BCUT2D eigenvalue weighted by molar-refractivity contribution is 6.43. The number of aromatic nitrogens is 2. The monoisotopic (exact) mass is 371 g/mol. The van der Waals surface area contributed by atoms with Gasteiger partial charge in [-0.2, -0.15) is 0 Å². The van der Waals surface area contributed by atoms with E-state index in [2.05, 4.69) is 5.32 Å². The van der Waals surface area contributed by atoms with Crippen LogP contribution in [0.1, 0.15) is 0 Å². The molecule has 0 spiro atoms. The summed E-state index contributed by atoms with van der Waals surface area (Å²) in [6.45, 7) is -1.01. The number of carbonyl (C=O) groups excluding carboxylic acids is 2. The van der Waals surface area contributed by atoms with Gasteiger partial charge in [-0.25, -0.2) is 4.79 Å². The van der Waals surface area contributed by atoms with E-state index in [-0.39, 0.29) is 15.7 Å². The number of anilines is 1. The van der Waals surface area contributed by atoms with Crippen LogP contribution in [0.25, 0.3) is 0 Å². The number of nitrogens with one attached hydrogen (secondary N) is 2. The Balaban J connectivity index is 1.89. The van der Waals surface area contributed by atoms with Crippen molar-refractivity contribution in [2.24, 2.45) is 0 Å². The molecule has 0 saturated heterocycles. The maximum Gasteiger partial charge on any atom is 0.328 e. The van der Waals surface area contributed by atoms with Gasteiger partial charge in [0.25, 0.3) is 11.5 Å². The number of aromatic amines is 1. The zero-order chi connectivity index (χ0) is 17.7. The lowest BCUT2D eigenvalue weighted by molar-refractivity contribution is -0.148. The van der Waals surface area contributed by atoms with Gasteiger partial charge in [-0.15, -0.1) is 0 Å². The van der Waals surface area contributed by atoms with Crippen molar-refractivity contribution in [2.75, 3.05) is 11.9 Å². The Morgan fingerprint density at radius 3 is 2.67 bits per heavy atom. The second-order valence-electron chi connectivity index (χ2n) is 4.55. The van der Waals surface area contributed by atoms with Crippen LogP contribution >= 0.6 is 23.2 Å². The highest BCUT2D eigenvalue weighted by atomic mass is 35.5. The first-order valence-corrected chi connectivity index (χ1v) is 7.31. The lowest BCUT2D eigenvalue weighted by atomic mass is 10.3. The Labute approximate surface area is 145 Å². The molecule has 1 aromatic heterocycles. The average molecular weight is 372 g/mol. The van der Waals surface area contributed by atoms with E-state index in [0.29, 0.717) is 0 Å². The summed E-state index contributed by atoms with van der Waals surface area (Å²) >= 11 is 11.7. The molecule has 1 amide bonds. The quantitative estimate of drug-likeness (QED) is 0.762. The first-order chi connectivity index (χ1) is 11.4. The molecule has 0 unspecified atom stereocenters. The molecular weight excluding hydrogens is 361 g/mol. The first-order valence-electron chi connectivity index (χ1n) is 6.56. The molecule has 0 saturated carbocycles. The fourth-order valence-electron chi connectivity index (χ4n) is 1.69. The molecule has 1 heterocycles. The Bertz CT molecular complexity index is 890. The number of hydrogen-bond donors (Lipinski definition) is 2. The summed E-state index contributed by atoms with van der Waals surface area (Å²) in [5, 5.41) is 2.87. The van der Waals surface area contributed by atoms with Crippen molar-refractivity contribution in [3.8, 4) is 0 Å². The van der Waals surface area contributed by atoms with E-state index in [0.717, 1.165) is 16.8 Å². The lowest BCUT2D eigenvalue weighted by Gasteiger charge is -2.09. The van der Waals surface area contributed by atoms with E-state index in [9.17, 15) is 19.2 Å². The van der Waals surface area contributed by atoms with Crippen molar-refractivity contribution in [2.45, 2.75) is 6.54 Å². The third-order valence-corrected chi connectivity index (χ3v) is 3.61. The number of hydrogen-bond acceptors (Lipinski definition) is 5. The molecule has 0 bridgehead atoms. The van der Waals surface area contributed by atoms with E-state index in [1.807, 2.05) is 4.98 Å². The third-order valence-electron chi connectivity index (χ3n) is 2.79. The van der Waals surface area contributed by atoms with Crippen LogP contribution in [0.2, 0.25) is 10.0 Å². The van der Waals surface area contributed by atoms with Gasteiger partial charge in [-0.05, 0) is 12.1 Å². The standard InChI is InChI=1S/C14H11Cl2N3O5/c15-8-2-1-3-9(13(8)16)17-11(21)7-24-12(22)6-19-5-4-10(20)18-14(19)23/h1-5H,6-7H2,(H,17,21)(H,18,20,23). The van der Waals surface area contributed by atoms with Crippen molar-refractivity contribution < 1.29 is 14.3 Å². The van der Waals surface area contributed by atoms with Crippen LogP contribution in [-0.2, 0) is 20.9 Å². The molecule has 24 heavy (non-hydrogen) atoms. The second kappa shape index (κ2) is 7.80. The third kappa shape index (κ3) is 4.71. The van der Waals surface area contributed by atoms with Crippen molar-refractivity contribution in [3.63, 3.8) is 0 Å². The average Bonchev–Trinajstić information content (AvgIpc) is 2.53. The summed E-state index contributed by atoms with van der Waals surface area (Å²) < 4.78 is 5.70. The number of rotatable bonds is 5. The Kier molecular flexibility index (Phi) is 5.78. The largest absolute Gasteiger partial charge is 0.454 e. The zero-order valence-corrected chi connectivity index (χ0v) is 13.6. The summed E-state index contributed by atoms with van der Waals surface area (Å²) in [6.07, 6.45) is 1.15. The van der Waals surface area contributed by atoms with Gasteiger partial charge in [0.1, 0.15) is 6.54 Å². The summed E-state index contributed by atoms with van der Waals surface area (Å²) in [7, 11) is 0. The van der Waals surface area contributed by atoms with Crippen molar-refractivity contribution in [1.29, 1.82) is 0 Å². The maximum atomic E-state index is 11.7. The van der Waals surface area contributed by atoms with Crippen LogP contribution in [0, 0.1) is 0 Å². The summed E-state index contributed by atoms with van der Waals surface area (Å²) in [5.41, 5.74) is -1.06. The summed E-state index contributed by atoms with van der Waals surface area (Å²) in [4.78, 5) is 47.7. The van der Waals surface area contributed by atoms with Gasteiger partial charge < -0.3 is 10.1 Å². The number of nitrogens with zero attached hydrogens (tertiary/aromatic N) is 1. The molecule has 0 atom stereocenters. The van der Waals surface area contributed by atoms with Gasteiger partial charge in [-0.3, -0.25) is 23.9 Å². The predicted molar refractivity (Wildman–Crippen MR) is 87.4 cm³/mol. The second-order valence-corrected chi connectivity index (χ2v) is 5.33. The fraction of sp³-hybridized carbons (Fsp3) is 0.143. The van der Waals surface area contributed by atoms with Gasteiger partial charge in [0.15, 0.2) is 6.61 Å². The van der Waals surface area contributed by atoms with E-state index < -0.39 is 36.3 Å². The molecule has 0 aliphatic heterocycles. The van der Waals surface area contributed by atoms with Crippen LogP contribution in [0.4, 0.5) is 5.69 Å². The number of halogens is 2. The lowest BCUT2D eigenvalue weighted by Crippen LogP contribution is -2.32. The molecule has 2 N–H and O–H groups in total. The van der Waals surface area contributed by atoms with Crippen LogP contribution in [-0.4, -0.2) is 28.0 Å². The minimum atomic E-state index is -0.823. The Hall–Kier alpha value is -2.58. The van der Waals surface area contributed by atoms with Crippen molar-refractivity contribution in [3.05, 3.63) is 61.3 Å². The molecule has 0 radical (unpaired) electrons. The highest BCUT2D eigenvalue weighted by Gasteiger charge is 2.12. The topological polar surface area (TPSA) is 110 Å². The van der Waals surface area contributed by atoms with Gasteiger partial charge >= 0.3 is 11.7 Å². The number of H-pyrrole nitrogens is 1. The van der Waals surface area contributed by atoms with Crippen molar-refractivity contribution >= 4 is 40.8 Å². The molecule has 10 heteroatoms. The molecule has 126 valence electrons. The van der Waals surface area contributed by atoms with Gasteiger partial charge in [0, 0.05) is 12.3 Å². The van der Waals surface area contributed by atoms with Crippen LogP contribution in [0.3, 0.4) is 0 Å². The predicted octanol–water partition coefficient (Wildman–Crippen LogP) is 1.03. The van der Waals surface area contributed by atoms with E-state index in [1.54, 1.807) is 12.1 Å². The number of benzene rings is 1. The number of carbonyl (C=O) groups is 2. The van der Waals surface area contributed by atoms with E-state index >= 15 is 0 Å². The minimum Gasteiger partial charge on any atom is -0.454 e. The molecule has 8 nitrogen and oxygen atoms in total. The number of amides is 1. The molecule has 0 aliphatic rings. The number of ether oxygens (including phenoxy) is 1. The Morgan fingerprint density at radius 2 is 1.96 bits per heavy atom. The Morgan fingerprint density at radius 1 is 1.21 bits per heavy atom. The number of esters is 1. The SMILES string of the molecule is O=C(COC(=O)Cn1ccc(=O)[nH]c1=O)Nc1cccc(Cl)c1Cl. The maximum absolute atomic E-state index is 11.7. The fourth-order valence-corrected chi connectivity index (χ4v) is 2.03. The van der Waals surface area contributed by atoms with Crippen LogP contribution in [0.15, 0.2) is 40.1 Å². The summed E-state index contributed by atoms with van der Waals surface area (Å²) in [6, 6.07) is 5.77. The molecule has 0 fully saturated rings. The molecule has 1 aromatic carbocycles. The van der Waals surface area contributed by atoms with Crippen molar-refractivity contribution in [1.82, 2.24) is 9.55 Å². The van der Waals surface area contributed by atoms with E-state index in [1.165, 1.54) is 6.07 Å². The van der Waals surface area contributed by atoms with Gasteiger partial charge in [0.05, 0.1) is 15.7 Å². The van der Waals surface area contributed by atoms with Crippen LogP contribution < -0.4 is 16.6 Å². The normalized spacial score (nSPS) is 10.2. The highest BCUT2D eigenvalue weighted by Crippen LogP contribution is 2.29. The molecule has 0 aliphatic carbocycles. The smallest absolute Gasteiger partial charge is 0.328 e. The van der Waals surface area contributed by atoms with Gasteiger partial charge in [0.2, 0.25) is 0 Å².